The van der Waals surface area contributed by atoms with Crippen molar-refractivity contribution < 1.29 is 19.1 Å². The minimum Gasteiger partial charge on any atom is -0.478 e. The number of carbonyl (C=O) groups is 2. The number of nitrogen functional groups attached to an aromatic ring is 1. The second-order valence-corrected chi connectivity index (χ2v) is 4.07. The fourth-order valence-electron chi connectivity index (χ4n) is 1.68. The van der Waals surface area contributed by atoms with E-state index in [1.807, 2.05) is 0 Å². The number of carboxylic acids is 1. The van der Waals surface area contributed by atoms with Crippen molar-refractivity contribution in [2.75, 3.05) is 11.1 Å². The topological polar surface area (TPSA) is 92.4 Å². The Morgan fingerprint density at radius 3 is 2.55 bits per heavy atom. The number of hydrogen-bond acceptors (Lipinski definition) is 3. The Morgan fingerprint density at radius 2 is 1.90 bits per heavy atom. The van der Waals surface area contributed by atoms with Crippen LogP contribution in [0.2, 0.25) is 0 Å². The Labute approximate surface area is 113 Å². The third kappa shape index (κ3) is 2.92. The van der Waals surface area contributed by atoms with Gasteiger partial charge >= 0.3 is 5.97 Å². The zero-order chi connectivity index (χ0) is 14.7. The smallest absolute Gasteiger partial charge is 0.337 e. The van der Waals surface area contributed by atoms with E-state index in [0.29, 0.717) is 5.69 Å². The molecule has 0 aromatic heterocycles. The van der Waals surface area contributed by atoms with Gasteiger partial charge in [0.15, 0.2) is 0 Å². The number of halogens is 1. The molecule has 0 unspecified atom stereocenters. The van der Waals surface area contributed by atoms with Gasteiger partial charge < -0.3 is 16.2 Å². The summed E-state index contributed by atoms with van der Waals surface area (Å²) in [4.78, 5) is 23.0. The van der Waals surface area contributed by atoms with Gasteiger partial charge in [0.25, 0.3) is 5.91 Å². The van der Waals surface area contributed by atoms with Gasteiger partial charge in [0.1, 0.15) is 5.82 Å². The molecule has 0 fully saturated rings. The molecule has 5 nitrogen and oxygen atoms in total. The molecule has 2 aromatic rings. The first kappa shape index (κ1) is 13.5. The predicted octanol–water partition coefficient (Wildman–Crippen LogP) is 2.36. The standard InChI is InChI=1S/C14H11FN2O3/c15-9-3-1-2-8(6-9)13(18)17-12-7-10(16)4-5-11(12)14(19)20/h1-7H,16H2,(H,17,18)(H,19,20). The predicted molar refractivity (Wildman–Crippen MR) is 72.2 cm³/mol. The lowest BCUT2D eigenvalue weighted by Crippen LogP contribution is -2.15. The van der Waals surface area contributed by atoms with Gasteiger partial charge in [-0.2, -0.15) is 0 Å². The molecule has 0 bridgehead atoms. The van der Waals surface area contributed by atoms with Crippen molar-refractivity contribution in [1.29, 1.82) is 0 Å². The molecule has 0 saturated carbocycles. The van der Waals surface area contributed by atoms with Gasteiger partial charge in [-0.05, 0) is 36.4 Å². The minimum atomic E-state index is -1.19. The van der Waals surface area contributed by atoms with E-state index >= 15 is 0 Å². The fraction of sp³-hybridized carbons (Fsp3) is 0. The number of hydrogen-bond donors (Lipinski definition) is 3. The van der Waals surface area contributed by atoms with Crippen LogP contribution in [-0.2, 0) is 0 Å². The lowest BCUT2D eigenvalue weighted by Gasteiger charge is -2.09. The summed E-state index contributed by atoms with van der Waals surface area (Å²) in [6.45, 7) is 0. The molecule has 2 rings (SSSR count). The van der Waals surface area contributed by atoms with Gasteiger partial charge in [0.2, 0.25) is 0 Å². The number of carboxylic acid groups (broad SMARTS) is 1. The Bertz CT molecular complexity index is 686. The Hall–Kier alpha value is -2.89. The molecule has 2 aromatic carbocycles. The number of nitrogens with two attached hydrogens (primary N) is 1. The van der Waals surface area contributed by atoms with Gasteiger partial charge in [-0.1, -0.05) is 6.07 Å². The van der Waals surface area contributed by atoms with Crippen molar-refractivity contribution in [3.8, 4) is 0 Å². The summed E-state index contributed by atoms with van der Waals surface area (Å²) in [5.74, 6) is -2.36. The highest BCUT2D eigenvalue weighted by molar-refractivity contribution is 6.08. The highest BCUT2D eigenvalue weighted by atomic mass is 19.1. The average Bonchev–Trinajstić information content (AvgIpc) is 2.38. The molecule has 1 amide bonds. The number of amides is 1. The monoisotopic (exact) mass is 274 g/mol. The largest absolute Gasteiger partial charge is 0.478 e. The van der Waals surface area contributed by atoms with Crippen LogP contribution in [0.3, 0.4) is 0 Å². The molecule has 0 saturated heterocycles. The van der Waals surface area contributed by atoms with E-state index in [1.165, 1.54) is 36.4 Å². The molecule has 0 spiro atoms. The molecular weight excluding hydrogens is 263 g/mol. The van der Waals surface area contributed by atoms with Crippen LogP contribution in [0.1, 0.15) is 20.7 Å². The third-order valence-corrected chi connectivity index (χ3v) is 2.61. The maximum Gasteiger partial charge on any atom is 0.337 e. The SMILES string of the molecule is Nc1ccc(C(=O)O)c(NC(=O)c2cccc(F)c2)c1. The molecule has 0 radical (unpaired) electrons. The molecule has 0 atom stereocenters. The number of aromatic carboxylic acids is 1. The highest BCUT2D eigenvalue weighted by Crippen LogP contribution is 2.20. The van der Waals surface area contributed by atoms with Crippen molar-refractivity contribution in [2.45, 2.75) is 0 Å². The lowest BCUT2D eigenvalue weighted by atomic mass is 10.1. The summed E-state index contributed by atoms with van der Waals surface area (Å²) in [7, 11) is 0. The van der Waals surface area contributed by atoms with Gasteiger partial charge in [0, 0.05) is 11.3 Å². The average molecular weight is 274 g/mol. The summed E-state index contributed by atoms with van der Waals surface area (Å²) >= 11 is 0. The Kier molecular flexibility index (Phi) is 3.65. The molecule has 0 heterocycles. The summed E-state index contributed by atoms with van der Waals surface area (Å²) in [5.41, 5.74) is 5.93. The van der Waals surface area contributed by atoms with E-state index in [1.54, 1.807) is 0 Å². The fourth-order valence-corrected chi connectivity index (χ4v) is 1.68. The lowest BCUT2D eigenvalue weighted by molar-refractivity contribution is 0.0698. The van der Waals surface area contributed by atoms with Crippen molar-refractivity contribution in [1.82, 2.24) is 0 Å². The normalized spacial score (nSPS) is 10.1. The van der Waals surface area contributed by atoms with Crippen LogP contribution in [-0.4, -0.2) is 17.0 Å². The van der Waals surface area contributed by atoms with Gasteiger partial charge in [-0.25, -0.2) is 9.18 Å². The van der Waals surface area contributed by atoms with E-state index < -0.39 is 17.7 Å². The first-order chi connectivity index (χ1) is 9.47. The van der Waals surface area contributed by atoms with E-state index in [4.69, 9.17) is 10.8 Å². The van der Waals surface area contributed by atoms with Crippen molar-refractivity contribution >= 4 is 23.3 Å². The maximum absolute atomic E-state index is 13.0. The first-order valence-electron chi connectivity index (χ1n) is 5.67. The molecule has 6 heteroatoms. The van der Waals surface area contributed by atoms with Crippen LogP contribution < -0.4 is 11.1 Å². The van der Waals surface area contributed by atoms with Crippen LogP contribution in [0.25, 0.3) is 0 Å². The number of anilines is 2. The van der Waals surface area contributed by atoms with E-state index in [-0.39, 0.29) is 16.8 Å². The van der Waals surface area contributed by atoms with Crippen LogP contribution in [0.5, 0.6) is 0 Å². The summed E-state index contributed by atoms with van der Waals surface area (Å²) in [5, 5.41) is 11.4. The summed E-state index contributed by atoms with van der Waals surface area (Å²) < 4.78 is 13.0. The first-order valence-corrected chi connectivity index (χ1v) is 5.67. The van der Waals surface area contributed by atoms with Crippen molar-refractivity contribution in [3.05, 3.63) is 59.4 Å². The number of rotatable bonds is 3. The van der Waals surface area contributed by atoms with E-state index in [0.717, 1.165) is 6.07 Å². The van der Waals surface area contributed by atoms with E-state index in [2.05, 4.69) is 5.32 Å². The van der Waals surface area contributed by atoms with Crippen LogP contribution in [0.15, 0.2) is 42.5 Å². The van der Waals surface area contributed by atoms with Crippen molar-refractivity contribution in [3.63, 3.8) is 0 Å². The van der Waals surface area contributed by atoms with Gasteiger partial charge in [0.05, 0.1) is 11.3 Å². The van der Waals surface area contributed by atoms with Gasteiger partial charge in [-0.15, -0.1) is 0 Å². The Balaban J connectivity index is 2.32. The highest BCUT2D eigenvalue weighted by Gasteiger charge is 2.14. The molecule has 4 N–H and O–H groups in total. The molecule has 0 aliphatic carbocycles. The van der Waals surface area contributed by atoms with E-state index in [9.17, 15) is 14.0 Å². The van der Waals surface area contributed by atoms with Gasteiger partial charge in [-0.3, -0.25) is 4.79 Å². The number of carbonyl (C=O) groups excluding carboxylic acids is 1. The second kappa shape index (κ2) is 5.40. The van der Waals surface area contributed by atoms with Crippen LogP contribution in [0.4, 0.5) is 15.8 Å². The minimum absolute atomic E-state index is 0.0618. The van der Waals surface area contributed by atoms with Crippen LogP contribution in [0, 0.1) is 5.82 Å². The van der Waals surface area contributed by atoms with Crippen LogP contribution >= 0.6 is 0 Å². The molecular formula is C14H11FN2O3. The number of benzene rings is 2. The molecule has 0 aliphatic rings. The third-order valence-electron chi connectivity index (χ3n) is 2.61. The molecule has 0 aliphatic heterocycles. The molecule has 102 valence electrons. The quantitative estimate of drug-likeness (QED) is 0.749. The zero-order valence-electron chi connectivity index (χ0n) is 10.3. The van der Waals surface area contributed by atoms with Crippen molar-refractivity contribution in [2.24, 2.45) is 0 Å². The number of nitrogens with one attached hydrogen (secondary N) is 1. The Morgan fingerprint density at radius 1 is 1.15 bits per heavy atom. The second-order valence-electron chi connectivity index (χ2n) is 4.07. The maximum atomic E-state index is 13.0. The summed E-state index contributed by atoms with van der Waals surface area (Å²) in [6, 6.07) is 9.12. The summed E-state index contributed by atoms with van der Waals surface area (Å²) in [6.07, 6.45) is 0. The molecule has 20 heavy (non-hydrogen) atoms. The zero-order valence-corrected chi connectivity index (χ0v) is 10.3.